The van der Waals surface area contributed by atoms with Crippen LogP contribution in [0.25, 0.3) is 0 Å². The number of nitrogens with zero attached hydrogens (tertiary/aromatic N) is 1. The molecule has 0 bridgehead atoms. The Bertz CT molecular complexity index is 1140. The van der Waals surface area contributed by atoms with Crippen molar-refractivity contribution in [2.24, 2.45) is 0 Å². The summed E-state index contributed by atoms with van der Waals surface area (Å²) in [6.07, 6.45) is 0. The largest absolute Gasteiger partial charge is 0.354 e. The van der Waals surface area contributed by atoms with Crippen molar-refractivity contribution in [1.82, 2.24) is 0 Å². The maximum atomic E-state index is 9.18. The first-order chi connectivity index (χ1) is 15.1. The predicted molar refractivity (Wildman–Crippen MR) is 132 cm³/mol. The van der Waals surface area contributed by atoms with Crippen LogP contribution in [0, 0.1) is 12.3 Å². The number of para-hydroxylation sites is 2. The Hall–Kier alpha value is -3.85. The summed E-state index contributed by atoms with van der Waals surface area (Å²) in [4.78, 5) is 2.13. The van der Waals surface area contributed by atoms with Gasteiger partial charge in [-0.1, -0.05) is 91.0 Å². The van der Waals surface area contributed by atoms with Gasteiger partial charge in [-0.2, -0.15) is 0 Å². The van der Waals surface area contributed by atoms with Crippen molar-refractivity contribution >= 4 is 22.9 Å². The van der Waals surface area contributed by atoms with Crippen molar-refractivity contribution in [1.29, 1.82) is 5.41 Å². The first-order valence-corrected chi connectivity index (χ1v) is 10.5. The van der Waals surface area contributed by atoms with E-state index in [-0.39, 0.29) is 6.04 Å². The summed E-state index contributed by atoms with van der Waals surface area (Å²) in [6.45, 7) is 4.26. The molecule has 0 aliphatic carbocycles. The quantitative estimate of drug-likeness (QED) is 0.260. The smallest absolute Gasteiger partial charge is 0.133 e. The van der Waals surface area contributed by atoms with Crippen molar-refractivity contribution in [2.75, 3.05) is 10.2 Å². The molecule has 0 saturated heterocycles. The molecule has 0 fully saturated rings. The lowest BCUT2D eigenvalue weighted by Gasteiger charge is -2.35. The van der Waals surface area contributed by atoms with Gasteiger partial charge in [-0.05, 0) is 43.2 Å². The summed E-state index contributed by atoms with van der Waals surface area (Å²) in [6, 6.07) is 36.7. The number of nitrogens with one attached hydrogen (secondary N) is 2. The molecule has 0 amide bonds. The zero-order valence-electron chi connectivity index (χ0n) is 17.9. The second-order valence-electron chi connectivity index (χ2n) is 7.63. The highest BCUT2D eigenvalue weighted by atomic mass is 15.2. The van der Waals surface area contributed by atoms with Crippen LogP contribution in [0.1, 0.15) is 29.7 Å². The van der Waals surface area contributed by atoms with Crippen molar-refractivity contribution < 1.29 is 0 Å². The van der Waals surface area contributed by atoms with E-state index in [0.717, 1.165) is 33.8 Å². The number of aryl methyl sites for hydroxylation is 1. The molecule has 31 heavy (non-hydrogen) atoms. The molecule has 0 aliphatic heterocycles. The van der Waals surface area contributed by atoms with Gasteiger partial charge in [0.15, 0.2) is 0 Å². The maximum Gasteiger partial charge on any atom is 0.133 e. The number of benzene rings is 4. The highest BCUT2D eigenvalue weighted by Crippen LogP contribution is 2.38. The molecular weight excluding hydrogens is 378 g/mol. The minimum absolute atomic E-state index is 0.0219. The summed E-state index contributed by atoms with van der Waals surface area (Å²) < 4.78 is 0. The maximum absolute atomic E-state index is 9.18. The van der Waals surface area contributed by atoms with Gasteiger partial charge >= 0.3 is 0 Å². The number of anilines is 3. The fourth-order valence-electron chi connectivity index (χ4n) is 3.87. The van der Waals surface area contributed by atoms with E-state index >= 15 is 0 Å². The van der Waals surface area contributed by atoms with E-state index in [1.165, 1.54) is 0 Å². The Morgan fingerprint density at radius 3 is 1.97 bits per heavy atom. The Labute approximate surface area is 184 Å². The van der Waals surface area contributed by atoms with E-state index in [4.69, 9.17) is 0 Å². The van der Waals surface area contributed by atoms with Crippen molar-refractivity contribution in [2.45, 2.75) is 19.9 Å². The second-order valence-corrected chi connectivity index (χ2v) is 7.63. The van der Waals surface area contributed by atoms with Crippen LogP contribution in [0.2, 0.25) is 0 Å². The Morgan fingerprint density at radius 2 is 1.32 bits per heavy atom. The van der Waals surface area contributed by atoms with E-state index in [1.54, 1.807) is 0 Å². The first kappa shape index (κ1) is 20.4. The lowest BCUT2D eigenvalue weighted by molar-refractivity contribution is 0.787. The molecule has 3 heteroatoms. The van der Waals surface area contributed by atoms with Crippen molar-refractivity contribution in [3.63, 3.8) is 0 Å². The molecule has 1 unspecified atom stereocenters. The highest BCUT2D eigenvalue weighted by Gasteiger charge is 2.25. The zero-order chi connectivity index (χ0) is 21.6. The van der Waals surface area contributed by atoms with Gasteiger partial charge in [0.05, 0.1) is 17.4 Å². The second kappa shape index (κ2) is 9.31. The van der Waals surface area contributed by atoms with Crippen LogP contribution in [-0.2, 0) is 0 Å². The number of hydrogen-bond donors (Lipinski definition) is 2. The molecule has 0 spiro atoms. The number of hydrogen-bond acceptors (Lipinski definition) is 2. The lowest BCUT2D eigenvalue weighted by Crippen LogP contribution is -2.34. The number of rotatable bonds is 6. The van der Waals surface area contributed by atoms with Gasteiger partial charge in [0, 0.05) is 11.3 Å². The van der Waals surface area contributed by atoms with E-state index in [2.05, 4.69) is 78.7 Å². The molecule has 0 radical (unpaired) electrons. The van der Waals surface area contributed by atoms with Crippen molar-refractivity contribution in [3.8, 4) is 0 Å². The van der Waals surface area contributed by atoms with E-state index < -0.39 is 0 Å². The average molecular weight is 406 g/mol. The molecular formula is C28H27N3. The average Bonchev–Trinajstić information content (AvgIpc) is 2.82. The monoisotopic (exact) mass is 405 g/mol. The van der Waals surface area contributed by atoms with Crippen LogP contribution < -0.4 is 10.2 Å². The summed E-state index contributed by atoms with van der Waals surface area (Å²) in [5.74, 6) is 0.474. The molecule has 0 saturated carbocycles. The SMILES string of the molecule is Cc1cccc(Nc2ccccc2)c1N(C(=N)c1ccccc1)C(C)c1ccccc1. The van der Waals surface area contributed by atoms with Gasteiger partial charge in [-0.3, -0.25) is 5.41 Å². The molecule has 0 aromatic heterocycles. The van der Waals surface area contributed by atoms with Crippen LogP contribution in [0.4, 0.5) is 17.1 Å². The minimum Gasteiger partial charge on any atom is -0.354 e. The number of amidine groups is 1. The lowest BCUT2D eigenvalue weighted by atomic mass is 10.0. The normalized spacial score (nSPS) is 11.5. The molecule has 0 heterocycles. The molecule has 4 aromatic rings. The third-order valence-electron chi connectivity index (χ3n) is 5.49. The first-order valence-electron chi connectivity index (χ1n) is 10.5. The summed E-state index contributed by atoms with van der Waals surface area (Å²) in [5, 5.41) is 12.7. The van der Waals surface area contributed by atoms with Gasteiger partial charge in [0.2, 0.25) is 0 Å². The van der Waals surface area contributed by atoms with Crippen LogP contribution in [0.15, 0.2) is 109 Å². The molecule has 2 N–H and O–H groups in total. The predicted octanol–water partition coefficient (Wildman–Crippen LogP) is 7.33. The van der Waals surface area contributed by atoms with E-state index in [1.807, 2.05) is 54.6 Å². The van der Waals surface area contributed by atoms with Crippen molar-refractivity contribution in [3.05, 3.63) is 126 Å². The van der Waals surface area contributed by atoms with Gasteiger partial charge in [-0.15, -0.1) is 0 Å². The van der Waals surface area contributed by atoms with E-state index in [0.29, 0.717) is 5.84 Å². The van der Waals surface area contributed by atoms with Crippen LogP contribution in [-0.4, -0.2) is 5.84 Å². The fraction of sp³-hybridized carbons (Fsp3) is 0.107. The summed E-state index contributed by atoms with van der Waals surface area (Å²) >= 11 is 0. The van der Waals surface area contributed by atoms with E-state index in [9.17, 15) is 5.41 Å². The third-order valence-corrected chi connectivity index (χ3v) is 5.49. The van der Waals surface area contributed by atoms with Gasteiger partial charge in [0.25, 0.3) is 0 Å². The van der Waals surface area contributed by atoms with Gasteiger partial charge < -0.3 is 10.2 Å². The standard InChI is InChI=1S/C28H27N3/c1-21-13-12-20-26(30-25-18-10-5-11-19-25)27(21)31(22(2)23-14-6-3-7-15-23)28(29)24-16-8-4-9-17-24/h3-20,22,29-30H,1-2H3. The topological polar surface area (TPSA) is 39.1 Å². The molecule has 0 aliphatic rings. The molecule has 154 valence electrons. The zero-order valence-corrected chi connectivity index (χ0v) is 17.9. The summed E-state index contributed by atoms with van der Waals surface area (Å²) in [7, 11) is 0. The Balaban J connectivity index is 1.85. The molecule has 4 rings (SSSR count). The van der Waals surface area contributed by atoms with Crippen LogP contribution in [0.3, 0.4) is 0 Å². The third kappa shape index (κ3) is 4.51. The molecule has 1 atom stereocenters. The van der Waals surface area contributed by atoms with Crippen LogP contribution in [0.5, 0.6) is 0 Å². The fourth-order valence-corrected chi connectivity index (χ4v) is 3.87. The van der Waals surface area contributed by atoms with Gasteiger partial charge in [0.1, 0.15) is 5.84 Å². The van der Waals surface area contributed by atoms with Gasteiger partial charge in [-0.25, -0.2) is 0 Å². The molecule has 4 aromatic carbocycles. The minimum atomic E-state index is -0.0219. The Morgan fingerprint density at radius 1 is 0.742 bits per heavy atom. The highest BCUT2D eigenvalue weighted by molar-refractivity contribution is 6.10. The Kier molecular flexibility index (Phi) is 6.13. The van der Waals surface area contributed by atoms with Crippen LogP contribution >= 0.6 is 0 Å². The molecule has 3 nitrogen and oxygen atoms in total. The summed E-state index contributed by atoms with van der Waals surface area (Å²) in [5.41, 5.74) is 6.18.